The van der Waals surface area contributed by atoms with E-state index in [0.29, 0.717) is 0 Å². The number of aliphatic hydroxyl groups excluding tert-OH is 1. The molecule has 0 aliphatic rings. The van der Waals surface area contributed by atoms with E-state index >= 15 is 0 Å². The van der Waals surface area contributed by atoms with Gasteiger partial charge in [0.25, 0.3) is 5.91 Å². The zero-order valence-electron chi connectivity index (χ0n) is 9.74. The molecule has 90 valence electrons. The smallest absolute Gasteiger partial charge is 0.333 e. The molecular formula is C11H17NO4. The second-order valence-electron chi connectivity index (χ2n) is 3.50. The van der Waals surface area contributed by atoms with Crippen molar-refractivity contribution < 1.29 is 19.4 Å². The zero-order valence-corrected chi connectivity index (χ0v) is 9.74. The first-order chi connectivity index (χ1) is 7.25. The summed E-state index contributed by atoms with van der Waals surface area (Å²) in [6.07, 6.45) is -1.74. The molecule has 0 aromatic carbocycles. The quantitative estimate of drug-likeness (QED) is 0.407. The molecule has 0 saturated heterocycles. The van der Waals surface area contributed by atoms with Crippen LogP contribution in [0.2, 0.25) is 0 Å². The third-order valence-corrected chi connectivity index (χ3v) is 1.75. The normalized spacial score (nSPS) is 13.5. The largest absolute Gasteiger partial charge is 0.454 e. The minimum Gasteiger partial charge on any atom is -0.454 e. The summed E-state index contributed by atoms with van der Waals surface area (Å²) in [7, 11) is 0. The number of carbonyl (C=O) groups excluding carboxylic acids is 2. The molecule has 2 atom stereocenters. The van der Waals surface area contributed by atoms with E-state index in [2.05, 4.69) is 18.5 Å². The van der Waals surface area contributed by atoms with Gasteiger partial charge in [0.2, 0.25) is 0 Å². The zero-order chi connectivity index (χ0) is 12.9. The van der Waals surface area contributed by atoms with Gasteiger partial charge in [-0.15, -0.1) is 0 Å². The van der Waals surface area contributed by atoms with Crippen LogP contribution in [0.4, 0.5) is 0 Å². The van der Waals surface area contributed by atoms with Gasteiger partial charge in [-0.05, 0) is 20.8 Å². The van der Waals surface area contributed by atoms with Gasteiger partial charge < -0.3 is 15.2 Å². The van der Waals surface area contributed by atoms with Crippen LogP contribution in [-0.4, -0.2) is 29.3 Å². The number of aliphatic hydroxyl groups is 1. The van der Waals surface area contributed by atoms with Crippen LogP contribution in [-0.2, 0) is 14.3 Å². The fourth-order valence-corrected chi connectivity index (χ4v) is 0.799. The highest BCUT2D eigenvalue weighted by molar-refractivity contribution is 5.95. The van der Waals surface area contributed by atoms with Gasteiger partial charge in [-0.2, -0.15) is 0 Å². The molecule has 0 fully saturated rings. The molecule has 2 unspecified atom stereocenters. The average Bonchev–Trinajstić information content (AvgIpc) is 2.14. The van der Waals surface area contributed by atoms with Gasteiger partial charge in [-0.25, -0.2) is 4.79 Å². The van der Waals surface area contributed by atoms with E-state index in [-0.39, 0.29) is 11.1 Å². The van der Waals surface area contributed by atoms with Crippen molar-refractivity contribution in [2.24, 2.45) is 0 Å². The van der Waals surface area contributed by atoms with E-state index < -0.39 is 24.2 Å². The van der Waals surface area contributed by atoms with Crippen LogP contribution in [0.3, 0.4) is 0 Å². The van der Waals surface area contributed by atoms with E-state index in [0.717, 1.165) is 0 Å². The highest BCUT2D eigenvalue weighted by atomic mass is 16.5. The van der Waals surface area contributed by atoms with Crippen LogP contribution in [0.15, 0.2) is 24.3 Å². The lowest BCUT2D eigenvalue weighted by atomic mass is 10.1. The predicted molar refractivity (Wildman–Crippen MR) is 59.3 cm³/mol. The fraction of sp³-hybridized carbons (Fsp3) is 0.455. The van der Waals surface area contributed by atoms with E-state index in [4.69, 9.17) is 9.84 Å². The number of amides is 1. The first kappa shape index (κ1) is 14.4. The second-order valence-corrected chi connectivity index (χ2v) is 3.50. The minimum absolute atomic E-state index is 0.0653. The summed E-state index contributed by atoms with van der Waals surface area (Å²) in [6, 6.07) is 0. The van der Waals surface area contributed by atoms with Crippen molar-refractivity contribution in [1.82, 2.24) is 5.32 Å². The third-order valence-electron chi connectivity index (χ3n) is 1.75. The Morgan fingerprint density at radius 2 is 1.81 bits per heavy atom. The molecule has 5 nitrogen and oxygen atoms in total. The Kier molecular flexibility index (Phi) is 5.46. The molecule has 0 aliphatic carbocycles. The monoisotopic (exact) mass is 227 g/mol. The standard InChI is InChI=1S/C11H17NO4/c1-6(2)11(15)16-8(4)7(3)10(14)12-9(5)13/h8-9,13H,1,3H2,2,4-5H3,(H,12,14). The molecule has 2 N–H and O–H groups in total. The van der Waals surface area contributed by atoms with Gasteiger partial charge in [0.15, 0.2) is 0 Å². The topological polar surface area (TPSA) is 75.6 Å². The molecule has 1 amide bonds. The number of nitrogens with one attached hydrogen (secondary N) is 1. The Morgan fingerprint density at radius 1 is 1.31 bits per heavy atom. The van der Waals surface area contributed by atoms with Gasteiger partial charge in [0.05, 0.1) is 0 Å². The molecule has 0 aliphatic heterocycles. The van der Waals surface area contributed by atoms with Crippen molar-refractivity contribution in [3.63, 3.8) is 0 Å². The first-order valence-electron chi connectivity index (χ1n) is 4.80. The SMILES string of the molecule is C=C(C)C(=O)OC(C)C(=C)C(=O)NC(C)O. The molecule has 0 radical (unpaired) electrons. The van der Waals surface area contributed by atoms with Crippen LogP contribution >= 0.6 is 0 Å². The predicted octanol–water partition coefficient (Wildman–Crippen LogP) is 0.505. The molecule has 0 saturated carbocycles. The summed E-state index contributed by atoms with van der Waals surface area (Å²) >= 11 is 0. The van der Waals surface area contributed by atoms with Gasteiger partial charge in [0.1, 0.15) is 12.3 Å². The van der Waals surface area contributed by atoms with Crippen molar-refractivity contribution >= 4 is 11.9 Å². The maximum atomic E-state index is 11.4. The molecule has 0 aromatic heterocycles. The molecule has 0 heterocycles. The van der Waals surface area contributed by atoms with Crippen molar-refractivity contribution in [1.29, 1.82) is 0 Å². The summed E-state index contributed by atoms with van der Waals surface area (Å²) in [4.78, 5) is 22.5. The second kappa shape index (κ2) is 6.07. The van der Waals surface area contributed by atoms with Crippen LogP contribution in [0.25, 0.3) is 0 Å². The third kappa shape index (κ3) is 4.75. The summed E-state index contributed by atoms with van der Waals surface area (Å²) in [5.41, 5.74) is 0.311. The molecule has 16 heavy (non-hydrogen) atoms. The number of hydrogen-bond acceptors (Lipinski definition) is 4. The van der Waals surface area contributed by atoms with E-state index in [9.17, 15) is 9.59 Å². The minimum atomic E-state index is -0.978. The Balaban J connectivity index is 4.34. The first-order valence-corrected chi connectivity index (χ1v) is 4.80. The van der Waals surface area contributed by atoms with Crippen LogP contribution in [0.5, 0.6) is 0 Å². The Labute approximate surface area is 94.8 Å². The lowest BCUT2D eigenvalue weighted by molar-refractivity contribution is -0.142. The summed E-state index contributed by atoms with van der Waals surface area (Å²) in [5.74, 6) is -1.14. The highest BCUT2D eigenvalue weighted by Crippen LogP contribution is 2.07. The van der Waals surface area contributed by atoms with E-state index in [1.807, 2.05) is 0 Å². The molecule has 0 rings (SSSR count). The maximum Gasteiger partial charge on any atom is 0.333 e. The number of esters is 1. The molecule has 0 bridgehead atoms. The molecule has 0 spiro atoms. The van der Waals surface area contributed by atoms with Gasteiger partial charge >= 0.3 is 5.97 Å². The summed E-state index contributed by atoms with van der Waals surface area (Å²) < 4.78 is 4.90. The average molecular weight is 227 g/mol. The lowest BCUT2D eigenvalue weighted by Gasteiger charge is -2.16. The van der Waals surface area contributed by atoms with Crippen LogP contribution in [0, 0.1) is 0 Å². The number of rotatable bonds is 5. The van der Waals surface area contributed by atoms with Crippen molar-refractivity contribution in [3.8, 4) is 0 Å². The van der Waals surface area contributed by atoms with Crippen molar-refractivity contribution in [2.45, 2.75) is 33.1 Å². The number of carbonyl (C=O) groups is 2. The Bertz CT molecular complexity index is 320. The number of ether oxygens (including phenoxy) is 1. The van der Waals surface area contributed by atoms with Gasteiger partial charge in [-0.3, -0.25) is 4.79 Å². The van der Waals surface area contributed by atoms with Crippen LogP contribution in [0.1, 0.15) is 20.8 Å². The molecule has 0 aromatic rings. The lowest BCUT2D eigenvalue weighted by Crippen LogP contribution is -2.36. The Hall–Kier alpha value is -1.62. The molecular weight excluding hydrogens is 210 g/mol. The summed E-state index contributed by atoms with van der Waals surface area (Å²) in [5, 5.41) is 11.2. The summed E-state index contributed by atoms with van der Waals surface area (Å²) in [6.45, 7) is 11.3. The van der Waals surface area contributed by atoms with Crippen molar-refractivity contribution in [2.75, 3.05) is 0 Å². The highest BCUT2D eigenvalue weighted by Gasteiger charge is 2.19. The van der Waals surface area contributed by atoms with E-state index in [1.165, 1.54) is 20.8 Å². The fourth-order valence-electron chi connectivity index (χ4n) is 0.799. The van der Waals surface area contributed by atoms with Gasteiger partial charge in [0, 0.05) is 11.1 Å². The van der Waals surface area contributed by atoms with E-state index in [1.54, 1.807) is 0 Å². The van der Waals surface area contributed by atoms with Crippen molar-refractivity contribution in [3.05, 3.63) is 24.3 Å². The number of hydrogen-bond donors (Lipinski definition) is 2. The van der Waals surface area contributed by atoms with Crippen LogP contribution < -0.4 is 5.32 Å². The maximum absolute atomic E-state index is 11.4. The van der Waals surface area contributed by atoms with Gasteiger partial charge in [-0.1, -0.05) is 13.2 Å². The Morgan fingerprint density at radius 3 is 2.19 bits per heavy atom. The molecule has 5 heteroatoms.